The molecule has 0 aliphatic heterocycles. The first-order valence-electron chi connectivity index (χ1n) is 10.5. The van der Waals surface area contributed by atoms with Gasteiger partial charge in [-0.3, -0.25) is 0 Å². The SMILES string of the molecule is C[C@]12CCC(=NOCC(=O)[O-])C=C1CC[C@H]1[C@H]3CC[C@](C)(O)[C@]3(C)CC[C@@H]12. The van der Waals surface area contributed by atoms with Gasteiger partial charge in [-0.15, -0.1) is 0 Å². The minimum absolute atomic E-state index is 0.0612. The summed E-state index contributed by atoms with van der Waals surface area (Å²) in [4.78, 5) is 15.4. The van der Waals surface area contributed by atoms with Gasteiger partial charge in [0.2, 0.25) is 0 Å². The first kappa shape index (κ1) is 19.0. The third-order valence-corrected chi connectivity index (χ3v) is 8.90. The van der Waals surface area contributed by atoms with Crippen molar-refractivity contribution >= 4 is 11.7 Å². The van der Waals surface area contributed by atoms with Crippen LogP contribution in [0.2, 0.25) is 0 Å². The van der Waals surface area contributed by atoms with Crippen molar-refractivity contribution in [1.29, 1.82) is 0 Å². The van der Waals surface area contributed by atoms with Crippen LogP contribution in [0.1, 0.15) is 72.1 Å². The quantitative estimate of drug-likeness (QED) is 0.770. The van der Waals surface area contributed by atoms with Crippen LogP contribution >= 0.6 is 0 Å². The van der Waals surface area contributed by atoms with E-state index in [1.807, 2.05) is 0 Å². The molecule has 0 unspecified atom stereocenters. The maximum absolute atomic E-state index is 11.0. The molecular weight excluding hydrogens is 342 g/mol. The lowest BCUT2D eigenvalue weighted by Crippen LogP contribution is -2.53. The second-order valence-corrected chi connectivity index (χ2v) is 10.00. The predicted octanol–water partition coefficient (Wildman–Crippen LogP) is 2.82. The van der Waals surface area contributed by atoms with Crippen molar-refractivity contribution in [2.75, 3.05) is 6.61 Å². The molecule has 150 valence electrons. The topological polar surface area (TPSA) is 82.0 Å². The number of aliphatic hydroxyl groups is 1. The summed E-state index contributed by atoms with van der Waals surface area (Å²) in [5, 5.41) is 25.5. The highest BCUT2D eigenvalue weighted by Gasteiger charge is 2.62. The molecule has 0 heterocycles. The number of oxime groups is 1. The van der Waals surface area contributed by atoms with Gasteiger partial charge >= 0.3 is 0 Å². The molecule has 0 radical (unpaired) electrons. The normalized spacial score (nSPS) is 47.6. The van der Waals surface area contributed by atoms with Crippen molar-refractivity contribution in [3.05, 3.63) is 11.6 Å². The van der Waals surface area contributed by atoms with E-state index in [4.69, 9.17) is 4.84 Å². The van der Waals surface area contributed by atoms with Gasteiger partial charge in [-0.1, -0.05) is 24.6 Å². The van der Waals surface area contributed by atoms with Gasteiger partial charge in [0.15, 0.2) is 6.61 Å². The minimum Gasteiger partial charge on any atom is -0.546 e. The van der Waals surface area contributed by atoms with Gasteiger partial charge in [-0.25, -0.2) is 0 Å². The summed E-state index contributed by atoms with van der Waals surface area (Å²) in [6, 6.07) is 0. The number of fused-ring (bicyclic) bond motifs is 5. The Kier molecular flexibility index (Phi) is 4.45. The molecule has 0 amide bonds. The molecule has 4 aliphatic rings. The Labute approximate surface area is 161 Å². The summed E-state index contributed by atoms with van der Waals surface area (Å²) >= 11 is 0. The van der Waals surface area contributed by atoms with Gasteiger partial charge in [0, 0.05) is 0 Å². The Hall–Kier alpha value is -1.36. The fourth-order valence-corrected chi connectivity index (χ4v) is 7.05. The van der Waals surface area contributed by atoms with Crippen LogP contribution in [0, 0.1) is 28.6 Å². The maximum Gasteiger partial charge on any atom is 0.156 e. The molecule has 0 aromatic carbocycles. The first-order valence-corrected chi connectivity index (χ1v) is 10.5. The van der Waals surface area contributed by atoms with E-state index < -0.39 is 18.2 Å². The zero-order valence-corrected chi connectivity index (χ0v) is 16.8. The van der Waals surface area contributed by atoms with Crippen molar-refractivity contribution in [3.8, 4) is 0 Å². The summed E-state index contributed by atoms with van der Waals surface area (Å²) in [6.07, 6.45) is 10.7. The first-order chi connectivity index (χ1) is 12.7. The van der Waals surface area contributed by atoms with Gasteiger partial charge in [0.25, 0.3) is 0 Å². The number of carboxylic acids is 1. The number of allylic oxidation sites excluding steroid dienone is 2. The molecule has 27 heavy (non-hydrogen) atoms. The Morgan fingerprint density at radius 3 is 2.67 bits per heavy atom. The van der Waals surface area contributed by atoms with Crippen molar-refractivity contribution in [2.45, 2.75) is 77.7 Å². The Balaban J connectivity index is 1.56. The third kappa shape index (κ3) is 2.84. The van der Waals surface area contributed by atoms with E-state index in [9.17, 15) is 15.0 Å². The van der Waals surface area contributed by atoms with E-state index in [0.29, 0.717) is 17.8 Å². The lowest BCUT2D eigenvalue weighted by atomic mass is 9.46. The molecule has 4 aliphatic carbocycles. The van der Waals surface area contributed by atoms with E-state index in [0.717, 1.165) is 44.2 Å². The summed E-state index contributed by atoms with van der Waals surface area (Å²) < 4.78 is 0. The number of aliphatic carboxylic acids is 1. The molecule has 3 saturated carbocycles. The Bertz CT molecular complexity index is 696. The number of carboxylic acid groups (broad SMARTS) is 1. The fourth-order valence-electron chi connectivity index (χ4n) is 7.05. The third-order valence-electron chi connectivity index (χ3n) is 8.90. The minimum atomic E-state index is -1.24. The van der Waals surface area contributed by atoms with Gasteiger partial charge in [0.05, 0.1) is 17.3 Å². The number of rotatable bonds is 3. The average molecular weight is 375 g/mol. The van der Waals surface area contributed by atoms with Gasteiger partial charge in [-0.05, 0) is 93.0 Å². The van der Waals surface area contributed by atoms with Crippen LogP contribution in [0.4, 0.5) is 0 Å². The smallest absolute Gasteiger partial charge is 0.156 e. The standard InChI is InChI=1S/C22H33NO4/c1-20-9-6-15(23-27-13-19(24)25)12-14(20)4-5-16-17(20)7-10-21(2)18(16)8-11-22(21,3)26/h12,16-18,26H,4-11,13H2,1-3H3,(H,24,25)/p-1/t16-,17+,18-,20+,21-,22+/m1/s1. The Morgan fingerprint density at radius 1 is 1.19 bits per heavy atom. The lowest BCUT2D eigenvalue weighted by molar-refractivity contribution is -0.309. The molecule has 1 N–H and O–H groups in total. The molecule has 0 saturated heterocycles. The maximum atomic E-state index is 11.0. The van der Waals surface area contributed by atoms with Crippen molar-refractivity contribution in [2.24, 2.45) is 33.7 Å². The predicted molar refractivity (Wildman–Crippen MR) is 101 cm³/mol. The summed E-state index contributed by atoms with van der Waals surface area (Å²) in [7, 11) is 0. The second kappa shape index (κ2) is 6.33. The molecule has 5 heteroatoms. The molecule has 0 bridgehead atoms. The van der Waals surface area contributed by atoms with E-state index >= 15 is 0 Å². The monoisotopic (exact) mass is 374 g/mol. The van der Waals surface area contributed by atoms with Gasteiger partial charge in [-0.2, -0.15) is 0 Å². The van der Waals surface area contributed by atoms with Crippen LogP contribution in [0.5, 0.6) is 0 Å². The van der Waals surface area contributed by atoms with Gasteiger partial charge < -0.3 is 19.8 Å². The van der Waals surface area contributed by atoms with Crippen LogP contribution in [-0.2, 0) is 9.63 Å². The Morgan fingerprint density at radius 2 is 1.93 bits per heavy atom. The number of hydrogen-bond acceptors (Lipinski definition) is 5. The number of carbonyl (C=O) groups excluding carboxylic acids is 1. The summed E-state index contributed by atoms with van der Waals surface area (Å²) in [6.45, 7) is 6.31. The molecular formula is C22H32NO4-. The number of carbonyl (C=O) groups is 1. The zero-order chi connectivity index (χ0) is 19.4. The highest BCUT2D eigenvalue weighted by molar-refractivity contribution is 5.96. The molecule has 3 fully saturated rings. The van der Waals surface area contributed by atoms with Crippen LogP contribution in [0.3, 0.4) is 0 Å². The van der Waals surface area contributed by atoms with Crippen LogP contribution in [0.15, 0.2) is 16.8 Å². The van der Waals surface area contributed by atoms with Crippen LogP contribution in [0.25, 0.3) is 0 Å². The molecule has 4 rings (SSSR count). The average Bonchev–Trinajstić information content (AvgIpc) is 2.84. The zero-order valence-electron chi connectivity index (χ0n) is 16.8. The molecule has 5 nitrogen and oxygen atoms in total. The number of nitrogens with zero attached hydrogens (tertiary/aromatic N) is 1. The molecule has 0 aromatic rings. The van der Waals surface area contributed by atoms with Crippen molar-refractivity contribution in [1.82, 2.24) is 0 Å². The highest BCUT2D eigenvalue weighted by atomic mass is 16.6. The fraction of sp³-hybridized carbons (Fsp3) is 0.818. The second-order valence-electron chi connectivity index (χ2n) is 10.00. The van der Waals surface area contributed by atoms with Crippen LogP contribution in [-0.4, -0.2) is 29.0 Å². The van der Waals surface area contributed by atoms with E-state index in [1.54, 1.807) is 0 Å². The van der Waals surface area contributed by atoms with Crippen LogP contribution < -0.4 is 5.11 Å². The molecule has 0 aromatic heterocycles. The lowest BCUT2D eigenvalue weighted by Gasteiger charge is -2.59. The van der Waals surface area contributed by atoms with Crippen molar-refractivity contribution < 1.29 is 19.8 Å². The van der Waals surface area contributed by atoms with Gasteiger partial charge in [0.1, 0.15) is 0 Å². The van der Waals surface area contributed by atoms with E-state index in [-0.39, 0.29) is 10.8 Å². The summed E-state index contributed by atoms with van der Waals surface area (Å²) in [5.41, 5.74) is 2.05. The largest absolute Gasteiger partial charge is 0.546 e. The van der Waals surface area contributed by atoms with Crippen molar-refractivity contribution in [3.63, 3.8) is 0 Å². The number of hydrogen-bond donors (Lipinski definition) is 1. The van der Waals surface area contributed by atoms with E-state index in [1.165, 1.54) is 18.4 Å². The summed E-state index contributed by atoms with van der Waals surface area (Å²) in [5.74, 6) is 0.764. The molecule has 6 atom stereocenters. The highest BCUT2D eigenvalue weighted by Crippen LogP contribution is 2.67. The van der Waals surface area contributed by atoms with E-state index in [2.05, 4.69) is 32.0 Å². The molecule has 0 spiro atoms.